The molecule has 2 aliphatic heterocycles. The average molecular weight is 745 g/mol. The van der Waals surface area contributed by atoms with Crippen LogP contribution in [0.2, 0.25) is 0 Å². The Hall–Kier alpha value is -4.81. The number of aliphatic imine (C=N–C) groups is 1. The number of nitrogens with one attached hydrogen (secondary N) is 4. The van der Waals surface area contributed by atoms with E-state index in [4.69, 9.17) is 30.4 Å². The molecule has 1 spiro atoms. The third-order valence-corrected chi connectivity index (χ3v) is 9.71. The molecule has 53 heavy (non-hydrogen) atoms. The summed E-state index contributed by atoms with van der Waals surface area (Å²) in [6.07, 6.45) is 4.98. The van der Waals surface area contributed by atoms with Crippen LogP contribution in [-0.2, 0) is 38.1 Å². The molecule has 1 saturated carbocycles. The number of aliphatic carboxylic acids is 1. The molecule has 3 fully saturated rings. The lowest BCUT2D eigenvalue weighted by molar-refractivity contribution is -0.138. The molecule has 0 radical (unpaired) electrons. The number of hydrogen-bond donors (Lipinski definition) is 7. The molecule has 18 heteroatoms. The number of carbonyl (C=O) groups excluding carboxylic acids is 4. The van der Waals surface area contributed by atoms with Gasteiger partial charge in [0.05, 0.1) is 37.6 Å². The van der Waals surface area contributed by atoms with Crippen LogP contribution in [-0.4, -0.2) is 115 Å². The van der Waals surface area contributed by atoms with Crippen LogP contribution >= 0.6 is 0 Å². The van der Waals surface area contributed by atoms with Gasteiger partial charge in [-0.05, 0) is 64.5 Å². The van der Waals surface area contributed by atoms with Crippen molar-refractivity contribution < 1.29 is 48.0 Å². The lowest BCUT2D eigenvalue weighted by atomic mass is 9.68. The second kappa shape index (κ2) is 18.3. The molecule has 0 bridgehead atoms. The van der Waals surface area contributed by atoms with E-state index in [9.17, 15) is 29.1 Å². The normalized spacial score (nSPS) is 26.6. The van der Waals surface area contributed by atoms with Crippen LogP contribution in [0.25, 0.3) is 0 Å². The number of aromatic nitrogens is 1. The van der Waals surface area contributed by atoms with Crippen LogP contribution in [0.15, 0.2) is 41.2 Å². The summed E-state index contributed by atoms with van der Waals surface area (Å²) in [6.45, 7) is 5.84. The number of methoxy groups -OCH3 is 1. The van der Waals surface area contributed by atoms with Crippen molar-refractivity contribution in [3.63, 3.8) is 0 Å². The summed E-state index contributed by atoms with van der Waals surface area (Å²) in [6, 6.07) is 1.22. The van der Waals surface area contributed by atoms with Crippen LogP contribution < -0.4 is 32.7 Å². The number of nitrogens with two attached hydrogens (primary N) is 2. The van der Waals surface area contributed by atoms with Crippen molar-refractivity contribution in [2.24, 2.45) is 22.4 Å². The topological polar surface area (TPSA) is 275 Å². The van der Waals surface area contributed by atoms with Crippen molar-refractivity contribution in [1.29, 1.82) is 0 Å². The van der Waals surface area contributed by atoms with Crippen molar-refractivity contribution in [3.8, 4) is 0 Å². The van der Waals surface area contributed by atoms with Crippen LogP contribution in [0.3, 0.4) is 0 Å². The van der Waals surface area contributed by atoms with E-state index in [0.717, 1.165) is 6.42 Å². The average Bonchev–Trinajstić information content (AvgIpc) is 4.03. The number of guanidine groups is 1. The molecule has 1 aromatic heterocycles. The van der Waals surface area contributed by atoms with Crippen LogP contribution in [0.1, 0.15) is 70.9 Å². The number of hydrogen-bond acceptors (Lipinski definition) is 11. The van der Waals surface area contributed by atoms with Crippen LogP contribution in [0, 0.1) is 5.92 Å². The van der Waals surface area contributed by atoms with E-state index < -0.39 is 84.8 Å². The van der Waals surface area contributed by atoms with E-state index in [2.05, 4.69) is 37.3 Å². The Morgan fingerprint density at radius 3 is 2.49 bits per heavy atom. The third kappa shape index (κ3) is 11.6. The number of pyridine rings is 1. The van der Waals surface area contributed by atoms with Crippen molar-refractivity contribution in [2.75, 3.05) is 33.4 Å². The summed E-state index contributed by atoms with van der Waals surface area (Å²) >= 11 is 0. The van der Waals surface area contributed by atoms with E-state index in [-0.39, 0.29) is 30.9 Å². The van der Waals surface area contributed by atoms with E-state index in [1.54, 1.807) is 19.2 Å². The largest absolute Gasteiger partial charge is 0.481 e. The molecule has 9 N–H and O–H groups in total. The lowest BCUT2D eigenvalue weighted by Crippen LogP contribution is -2.56. The molecule has 1 aromatic rings. The van der Waals surface area contributed by atoms with Crippen molar-refractivity contribution in [1.82, 2.24) is 26.3 Å². The van der Waals surface area contributed by atoms with Gasteiger partial charge in [-0.25, -0.2) is 4.79 Å². The third-order valence-electron chi connectivity index (χ3n) is 9.71. The summed E-state index contributed by atoms with van der Waals surface area (Å²) < 4.78 is 23.9. The molecule has 0 aromatic carbocycles. The number of ether oxygens (including phenoxy) is 4. The highest BCUT2D eigenvalue weighted by atomic mass is 16.6. The number of amides is 4. The van der Waals surface area contributed by atoms with E-state index >= 15 is 0 Å². The van der Waals surface area contributed by atoms with Crippen molar-refractivity contribution >= 4 is 35.7 Å². The molecular formula is C35H52N8O10. The molecule has 8 atom stereocenters. The highest BCUT2D eigenvalue weighted by Gasteiger charge is 2.72. The molecule has 4 amide bonds. The van der Waals surface area contributed by atoms with Gasteiger partial charge < -0.3 is 56.8 Å². The Morgan fingerprint density at radius 1 is 1.15 bits per heavy atom. The number of allylic oxidation sites excluding steroid dienone is 1. The van der Waals surface area contributed by atoms with E-state index in [0.29, 0.717) is 31.4 Å². The first kappa shape index (κ1) is 41.0. The molecule has 18 nitrogen and oxygen atoms in total. The summed E-state index contributed by atoms with van der Waals surface area (Å²) in [7, 11) is 1.56. The Bertz CT molecular complexity index is 1530. The van der Waals surface area contributed by atoms with Gasteiger partial charge in [-0.15, -0.1) is 0 Å². The number of carboxylic acids is 1. The minimum atomic E-state index is -1.14. The minimum absolute atomic E-state index is 0.0166. The van der Waals surface area contributed by atoms with Crippen LogP contribution in [0.4, 0.5) is 4.79 Å². The molecular weight excluding hydrogens is 692 g/mol. The van der Waals surface area contributed by atoms with Crippen molar-refractivity contribution in [3.05, 3.63) is 41.7 Å². The Morgan fingerprint density at radius 2 is 1.87 bits per heavy atom. The summed E-state index contributed by atoms with van der Waals surface area (Å²) in [5.74, 6) is -3.50. The van der Waals surface area contributed by atoms with E-state index in [1.165, 1.54) is 18.0 Å². The molecule has 2 saturated heterocycles. The number of alkyl carbamates (subject to hydrolysis) is 1. The quantitative estimate of drug-likeness (QED) is 0.0328. The summed E-state index contributed by atoms with van der Waals surface area (Å²) in [4.78, 5) is 71.0. The fourth-order valence-electron chi connectivity index (χ4n) is 6.96. The van der Waals surface area contributed by atoms with Gasteiger partial charge in [0.2, 0.25) is 17.7 Å². The minimum Gasteiger partial charge on any atom is -0.481 e. The molecule has 3 aliphatic rings. The van der Waals surface area contributed by atoms with Crippen LogP contribution in [0.5, 0.6) is 0 Å². The maximum absolute atomic E-state index is 13.1. The van der Waals surface area contributed by atoms with Gasteiger partial charge in [0.1, 0.15) is 36.0 Å². The predicted octanol–water partition coefficient (Wildman–Crippen LogP) is 0.171. The standard InChI is InChI=1S/C35H52N8O10/c1-20(2)9-10-25-34(3,53-25)30-29(50-4)24(11-12-35(30)19-51-35)52-33(49)41-18-27(45)42-22(8-6-14-39-32(36)37)31(48)40-17-26(44)43-23(15-28(46)47)21-7-5-13-38-16-21/h5,7,9,13,16,22-25,29-30H,6,8,10-12,14-15,17-19H2,1-4H3,(H,40,48)(H,41,49)(H,42,45)(H,43,44)(H,46,47)(H4,36,37,39)/t22-,23?,24+,25+,29+,30+,34-,35-/m0/s1. The predicted molar refractivity (Wildman–Crippen MR) is 190 cm³/mol. The molecule has 4 rings (SSSR count). The highest BCUT2D eigenvalue weighted by molar-refractivity contribution is 5.91. The first-order valence-corrected chi connectivity index (χ1v) is 17.6. The first-order chi connectivity index (χ1) is 25.2. The number of carbonyl (C=O) groups is 5. The Balaban J connectivity index is 1.30. The highest BCUT2D eigenvalue weighted by Crippen LogP contribution is 2.59. The fraction of sp³-hybridized carbons (Fsp3) is 0.629. The Labute approximate surface area is 308 Å². The van der Waals surface area contributed by atoms with Gasteiger partial charge in [-0.2, -0.15) is 0 Å². The zero-order valence-corrected chi connectivity index (χ0v) is 30.6. The van der Waals surface area contributed by atoms with Gasteiger partial charge in [0.25, 0.3) is 0 Å². The Kier molecular flexibility index (Phi) is 14.1. The number of rotatable bonds is 19. The maximum atomic E-state index is 13.1. The van der Waals surface area contributed by atoms with E-state index in [1.807, 2.05) is 20.8 Å². The van der Waals surface area contributed by atoms with Crippen molar-refractivity contribution in [2.45, 2.75) is 101 Å². The first-order valence-electron chi connectivity index (χ1n) is 17.6. The van der Waals surface area contributed by atoms with Gasteiger partial charge in [0, 0.05) is 26.0 Å². The number of epoxide rings is 2. The number of nitrogens with zero attached hydrogens (tertiary/aromatic N) is 2. The number of carboxylic acid groups (broad SMARTS) is 1. The summed E-state index contributed by atoms with van der Waals surface area (Å²) in [5.41, 5.74) is 11.5. The second-order valence-corrected chi connectivity index (χ2v) is 14.0. The molecule has 1 aliphatic carbocycles. The van der Waals surface area contributed by atoms with Gasteiger partial charge in [-0.1, -0.05) is 17.7 Å². The molecule has 1 unspecified atom stereocenters. The summed E-state index contributed by atoms with van der Waals surface area (Å²) in [5, 5.41) is 19.4. The molecule has 3 heterocycles. The van der Waals surface area contributed by atoms with Gasteiger partial charge in [0.15, 0.2) is 5.96 Å². The zero-order valence-electron chi connectivity index (χ0n) is 30.6. The van der Waals surface area contributed by atoms with Gasteiger partial charge >= 0.3 is 12.1 Å². The van der Waals surface area contributed by atoms with Gasteiger partial charge in [-0.3, -0.25) is 29.2 Å². The molecule has 292 valence electrons. The fourth-order valence-corrected chi connectivity index (χ4v) is 6.96. The maximum Gasteiger partial charge on any atom is 0.407 e. The second-order valence-electron chi connectivity index (χ2n) is 14.0. The zero-order chi connectivity index (χ0) is 38.8. The lowest BCUT2D eigenvalue weighted by Gasteiger charge is -2.42. The monoisotopic (exact) mass is 744 g/mol. The smallest absolute Gasteiger partial charge is 0.407 e. The SMILES string of the molecule is CO[C@@H]1[C@H](OC(=O)NCC(=O)N[C@@H](CCCN=C(N)N)C(=O)NCC(=O)NC(CC(=O)O)c2cccnc2)CC[C@]2(CO2)[C@H]1[C@@]1(C)O[C@@H]1CC=C(C)C.